The molecule has 1 amide bonds. The number of ether oxygens (including phenoxy) is 1. The summed E-state index contributed by atoms with van der Waals surface area (Å²) >= 11 is 0. The van der Waals surface area contributed by atoms with Gasteiger partial charge in [0.05, 0.1) is 12.7 Å². The van der Waals surface area contributed by atoms with Crippen LogP contribution in [0.5, 0.6) is 0 Å². The molecule has 2 heterocycles. The lowest BCUT2D eigenvalue weighted by Crippen LogP contribution is -2.38. The van der Waals surface area contributed by atoms with E-state index >= 15 is 0 Å². The number of pyridine rings is 1. The highest BCUT2D eigenvalue weighted by Crippen LogP contribution is 2.11. The van der Waals surface area contributed by atoms with Crippen LogP contribution in [0.2, 0.25) is 0 Å². The zero-order valence-corrected chi connectivity index (χ0v) is 14.1. The van der Waals surface area contributed by atoms with E-state index in [0.717, 1.165) is 32.1 Å². The summed E-state index contributed by atoms with van der Waals surface area (Å²) < 4.78 is 5.40. The molecule has 1 aliphatic rings. The lowest BCUT2D eigenvalue weighted by atomic mass is 10.1. The summed E-state index contributed by atoms with van der Waals surface area (Å²) in [5, 5.41) is 20.0. The molecule has 0 aliphatic carbocycles. The average Bonchev–Trinajstić information content (AvgIpc) is 2.61. The number of hydrogen-bond donors (Lipinski definition) is 2. The molecule has 24 heavy (non-hydrogen) atoms. The monoisotopic (exact) mass is 336 g/mol. The SMILES string of the molecule is O=C(c1ccccn1)N1CCCCCCCOC[C@@H](O)[C@@H](O)CC1. The van der Waals surface area contributed by atoms with Crippen LogP contribution in [0.15, 0.2) is 24.4 Å². The third kappa shape index (κ3) is 6.19. The molecule has 6 heteroatoms. The molecule has 6 nitrogen and oxygen atoms in total. The Morgan fingerprint density at radius 3 is 2.67 bits per heavy atom. The largest absolute Gasteiger partial charge is 0.390 e. The minimum Gasteiger partial charge on any atom is -0.390 e. The van der Waals surface area contributed by atoms with E-state index < -0.39 is 12.2 Å². The Morgan fingerprint density at radius 2 is 1.88 bits per heavy atom. The summed E-state index contributed by atoms with van der Waals surface area (Å²) in [6, 6.07) is 5.27. The van der Waals surface area contributed by atoms with Gasteiger partial charge >= 0.3 is 0 Å². The molecule has 2 atom stereocenters. The summed E-state index contributed by atoms with van der Waals surface area (Å²) in [7, 11) is 0. The summed E-state index contributed by atoms with van der Waals surface area (Å²) in [5.41, 5.74) is 0.414. The van der Waals surface area contributed by atoms with Crippen LogP contribution >= 0.6 is 0 Å². The molecule has 0 saturated carbocycles. The second-order valence-electron chi connectivity index (χ2n) is 6.27. The first-order chi connectivity index (χ1) is 11.7. The Hall–Kier alpha value is -1.50. The highest BCUT2D eigenvalue weighted by molar-refractivity contribution is 5.92. The van der Waals surface area contributed by atoms with Gasteiger partial charge < -0.3 is 19.8 Å². The van der Waals surface area contributed by atoms with Crippen LogP contribution in [0.3, 0.4) is 0 Å². The summed E-state index contributed by atoms with van der Waals surface area (Å²) in [5.74, 6) is -0.124. The summed E-state index contributed by atoms with van der Waals surface area (Å²) in [4.78, 5) is 18.5. The topological polar surface area (TPSA) is 82.9 Å². The van der Waals surface area contributed by atoms with Gasteiger partial charge in [-0.2, -0.15) is 0 Å². The van der Waals surface area contributed by atoms with Crippen molar-refractivity contribution in [2.24, 2.45) is 0 Å². The first-order valence-corrected chi connectivity index (χ1v) is 8.82. The van der Waals surface area contributed by atoms with Crippen molar-refractivity contribution in [1.82, 2.24) is 9.88 Å². The molecule has 2 N–H and O–H groups in total. The molecule has 0 bridgehead atoms. The van der Waals surface area contributed by atoms with Gasteiger partial charge in [0.1, 0.15) is 11.8 Å². The Balaban J connectivity index is 1.99. The van der Waals surface area contributed by atoms with Crippen LogP contribution in [0.25, 0.3) is 0 Å². The van der Waals surface area contributed by atoms with Crippen molar-refractivity contribution in [3.63, 3.8) is 0 Å². The molecule has 1 aliphatic heterocycles. The highest BCUT2D eigenvalue weighted by Gasteiger charge is 2.21. The van der Waals surface area contributed by atoms with Gasteiger partial charge in [-0.05, 0) is 31.4 Å². The van der Waals surface area contributed by atoms with Gasteiger partial charge in [-0.15, -0.1) is 0 Å². The molecule has 134 valence electrons. The molecule has 0 aromatic carbocycles. The van der Waals surface area contributed by atoms with Crippen molar-refractivity contribution < 1.29 is 19.7 Å². The number of rotatable bonds is 1. The van der Waals surface area contributed by atoms with Crippen LogP contribution in [0.1, 0.15) is 49.0 Å². The highest BCUT2D eigenvalue weighted by atomic mass is 16.5. The molecule has 1 aromatic rings. The van der Waals surface area contributed by atoms with Gasteiger partial charge in [-0.1, -0.05) is 25.3 Å². The van der Waals surface area contributed by atoms with Crippen molar-refractivity contribution in [1.29, 1.82) is 0 Å². The van der Waals surface area contributed by atoms with Crippen LogP contribution in [0.4, 0.5) is 0 Å². The van der Waals surface area contributed by atoms with E-state index in [1.54, 1.807) is 29.3 Å². The quantitative estimate of drug-likeness (QED) is 0.814. The molecule has 2 rings (SSSR count). The van der Waals surface area contributed by atoms with E-state index in [1.807, 2.05) is 0 Å². The minimum atomic E-state index is -0.917. The number of carbonyl (C=O) groups is 1. The van der Waals surface area contributed by atoms with Crippen LogP contribution in [-0.2, 0) is 4.74 Å². The van der Waals surface area contributed by atoms with Gasteiger partial charge in [0.25, 0.3) is 5.91 Å². The maximum Gasteiger partial charge on any atom is 0.272 e. The predicted molar refractivity (Wildman–Crippen MR) is 90.7 cm³/mol. The number of carbonyl (C=O) groups excluding carboxylic acids is 1. The summed E-state index contributed by atoms with van der Waals surface area (Å²) in [6.07, 6.45) is 5.25. The molecule has 1 aromatic heterocycles. The Morgan fingerprint density at radius 1 is 1.08 bits per heavy atom. The second kappa shape index (κ2) is 10.4. The maximum absolute atomic E-state index is 12.6. The Labute approximate surface area is 143 Å². The van der Waals surface area contributed by atoms with Crippen LogP contribution < -0.4 is 0 Å². The van der Waals surface area contributed by atoms with E-state index in [-0.39, 0.29) is 12.5 Å². The fraction of sp³-hybridized carbons (Fsp3) is 0.667. The molecule has 0 radical (unpaired) electrons. The minimum absolute atomic E-state index is 0.124. The lowest BCUT2D eigenvalue weighted by Gasteiger charge is -2.25. The van der Waals surface area contributed by atoms with Gasteiger partial charge in [-0.25, -0.2) is 0 Å². The zero-order valence-electron chi connectivity index (χ0n) is 14.1. The fourth-order valence-electron chi connectivity index (χ4n) is 2.80. The zero-order chi connectivity index (χ0) is 17.2. The molecule has 1 saturated heterocycles. The Kier molecular flexibility index (Phi) is 8.15. The van der Waals surface area contributed by atoms with Crippen molar-refractivity contribution in [2.75, 3.05) is 26.3 Å². The molecular weight excluding hydrogens is 308 g/mol. The first-order valence-electron chi connectivity index (χ1n) is 8.82. The normalized spacial score (nSPS) is 25.0. The average molecular weight is 336 g/mol. The fourth-order valence-corrected chi connectivity index (χ4v) is 2.80. The van der Waals surface area contributed by atoms with E-state index in [1.165, 1.54) is 0 Å². The molecule has 0 unspecified atom stereocenters. The van der Waals surface area contributed by atoms with Crippen molar-refractivity contribution in [3.05, 3.63) is 30.1 Å². The Bertz CT molecular complexity index is 483. The lowest BCUT2D eigenvalue weighted by molar-refractivity contribution is -0.0434. The van der Waals surface area contributed by atoms with Crippen molar-refractivity contribution in [2.45, 2.75) is 50.7 Å². The van der Waals surface area contributed by atoms with E-state index in [9.17, 15) is 15.0 Å². The van der Waals surface area contributed by atoms with Crippen LogP contribution in [0, 0.1) is 0 Å². The number of aromatic nitrogens is 1. The number of aliphatic hydroxyl groups is 2. The summed E-state index contributed by atoms with van der Waals surface area (Å²) in [6.45, 7) is 1.80. The number of nitrogens with zero attached hydrogens (tertiary/aromatic N) is 2. The number of aliphatic hydroxyl groups excluding tert-OH is 2. The van der Waals surface area contributed by atoms with Gasteiger partial charge in [0.15, 0.2) is 0 Å². The third-order valence-corrected chi connectivity index (χ3v) is 4.32. The number of amides is 1. The van der Waals surface area contributed by atoms with Gasteiger partial charge in [0, 0.05) is 25.9 Å². The van der Waals surface area contributed by atoms with Crippen LogP contribution in [-0.4, -0.2) is 64.5 Å². The molecule has 1 fully saturated rings. The molecule has 0 spiro atoms. The maximum atomic E-state index is 12.6. The smallest absolute Gasteiger partial charge is 0.272 e. The predicted octanol–water partition coefficient (Wildman–Crippen LogP) is 1.62. The van der Waals surface area contributed by atoms with E-state index in [0.29, 0.717) is 31.8 Å². The van der Waals surface area contributed by atoms with E-state index in [2.05, 4.69) is 4.98 Å². The molecular formula is C18H28N2O4. The van der Waals surface area contributed by atoms with E-state index in [4.69, 9.17) is 4.74 Å². The standard InChI is InChI=1S/C18H28N2O4/c21-16-9-12-20(18(23)15-8-4-5-10-19-15)11-6-2-1-3-7-13-24-14-17(16)22/h4-5,8,10,16-17,21-22H,1-3,6-7,9,11-14H2/t16-,17+/m0/s1. The van der Waals surface area contributed by atoms with Crippen molar-refractivity contribution >= 4 is 5.91 Å². The van der Waals surface area contributed by atoms with Crippen molar-refractivity contribution in [3.8, 4) is 0 Å². The van der Waals surface area contributed by atoms with Gasteiger partial charge in [0.2, 0.25) is 0 Å². The first kappa shape index (κ1) is 18.8. The van der Waals surface area contributed by atoms with Gasteiger partial charge in [-0.3, -0.25) is 9.78 Å². The second-order valence-corrected chi connectivity index (χ2v) is 6.27. The third-order valence-electron chi connectivity index (χ3n) is 4.32. The number of hydrogen-bond acceptors (Lipinski definition) is 5.